The van der Waals surface area contributed by atoms with Crippen LogP contribution in [0, 0.1) is 0 Å². The minimum atomic E-state index is -0.155. The van der Waals surface area contributed by atoms with Crippen LogP contribution in [0.3, 0.4) is 0 Å². The summed E-state index contributed by atoms with van der Waals surface area (Å²) in [6, 6.07) is 76.6. The third kappa shape index (κ3) is 5.81. The van der Waals surface area contributed by atoms with Crippen molar-refractivity contribution in [3.8, 4) is 73.0 Å². The molecule has 0 fully saturated rings. The summed E-state index contributed by atoms with van der Waals surface area (Å²) in [5, 5.41) is 4.96. The summed E-state index contributed by atoms with van der Waals surface area (Å²) in [5.41, 5.74) is 18.3. The fourth-order valence-electron chi connectivity index (χ4n) is 9.84. The van der Waals surface area contributed by atoms with E-state index >= 15 is 0 Å². The first-order chi connectivity index (χ1) is 30.5. The zero-order valence-corrected chi connectivity index (χ0v) is 34.5. The molecule has 0 bridgehead atoms. The Hall–Kier alpha value is -7.88. The summed E-state index contributed by atoms with van der Waals surface area (Å²) in [6.45, 7) is 4.69. The van der Waals surface area contributed by atoms with Crippen molar-refractivity contribution in [1.82, 2.24) is 14.5 Å². The quantitative estimate of drug-likeness (QED) is 0.168. The second kappa shape index (κ2) is 14.1. The van der Waals surface area contributed by atoms with Crippen LogP contribution in [-0.2, 0) is 5.41 Å². The summed E-state index contributed by atoms with van der Waals surface area (Å²) in [6.07, 6.45) is 0. The van der Waals surface area contributed by atoms with Crippen molar-refractivity contribution in [1.29, 1.82) is 0 Å². The molecule has 2 aromatic heterocycles. The number of benzene rings is 9. The van der Waals surface area contributed by atoms with E-state index in [2.05, 4.69) is 225 Å². The third-order valence-corrected chi connectivity index (χ3v) is 13.0. The molecule has 62 heavy (non-hydrogen) atoms. The van der Waals surface area contributed by atoms with Crippen LogP contribution in [0.15, 0.2) is 212 Å². The Morgan fingerprint density at radius 3 is 1.52 bits per heavy atom. The van der Waals surface area contributed by atoms with Gasteiger partial charge in [0.05, 0.1) is 22.4 Å². The number of hydrogen-bond acceptors (Lipinski definition) is 2. The molecule has 0 radical (unpaired) electrons. The Kier molecular flexibility index (Phi) is 8.20. The molecule has 0 spiro atoms. The average Bonchev–Trinajstić information content (AvgIpc) is 3.78. The molecular weight excluding hydrogens is 751 g/mol. The largest absolute Gasteiger partial charge is 0.309 e. The Morgan fingerprint density at radius 2 is 0.903 bits per heavy atom. The molecule has 292 valence electrons. The maximum Gasteiger partial charge on any atom is 0.160 e. The molecule has 3 heteroatoms. The van der Waals surface area contributed by atoms with Crippen LogP contribution in [0.4, 0.5) is 0 Å². The molecule has 0 unspecified atom stereocenters. The van der Waals surface area contributed by atoms with Gasteiger partial charge in [0, 0.05) is 38.6 Å². The normalized spacial score (nSPS) is 12.8. The van der Waals surface area contributed by atoms with Gasteiger partial charge in [0.2, 0.25) is 0 Å². The molecule has 11 aromatic rings. The van der Waals surface area contributed by atoms with Crippen molar-refractivity contribution >= 4 is 32.6 Å². The molecule has 0 N–H and O–H groups in total. The van der Waals surface area contributed by atoms with Crippen LogP contribution in [0.1, 0.15) is 25.0 Å². The van der Waals surface area contributed by atoms with Gasteiger partial charge in [0.15, 0.2) is 5.82 Å². The van der Waals surface area contributed by atoms with E-state index in [1.54, 1.807) is 0 Å². The first kappa shape index (κ1) is 36.0. The molecule has 9 aromatic carbocycles. The predicted molar refractivity (Wildman–Crippen MR) is 259 cm³/mol. The van der Waals surface area contributed by atoms with Crippen molar-refractivity contribution in [3.63, 3.8) is 0 Å². The predicted octanol–water partition coefficient (Wildman–Crippen LogP) is 15.4. The minimum absolute atomic E-state index is 0.155. The van der Waals surface area contributed by atoms with Gasteiger partial charge in [0.1, 0.15) is 0 Å². The fraction of sp³-hybridized carbons (Fsp3) is 0.0508. The van der Waals surface area contributed by atoms with Crippen LogP contribution >= 0.6 is 0 Å². The van der Waals surface area contributed by atoms with Crippen LogP contribution < -0.4 is 0 Å². The second-order valence-electron chi connectivity index (χ2n) is 17.0. The van der Waals surface area contributed by atoms with Crippen LogP contribution in [0.25, 0.3) is 106 Å². The van der Waals surface area contributed by atoms with Crippen molar-refractivity contribution < 1.29 is 0 Å². The van der Waals surface area contributed by atoms with E-state index in [0.29, 0.717) is 5.82 Å². The first-order valence-corrected chi connectivity index (χ1v) is 21.4. The van der Waals surface area contributed by atoms with E-state index in [-0.39, 0.29) is 5.41 Å². The molecule has 0 amide bonds. The van der Waals surface area contributed by atoms with Crippen LogP contribution in [0.5, 0.6) is 0 Å². The zero-order valence-electron chi connectivity index (χ0n) is 34.5. The van der Waals surface area contributed by atoms with E-state index in [1.807, 2.05) is 6.07 Å². The smallest absolute Gasteiger partial charge is 0.160 e. The van der Waals surface area contributed by atoms with Crippen LogP contribution in [0.2, 0.25) is 0 Å². The van der Waals surface area contributed by atoms with Gasteiger partial charge in [-0.05, 0) is 110 Å². The molecule has 0 saturated heterocycles. The summed E-state index contributed by atoms with van der Waals surface area (Å²) in [5.74, 6) is 0.710. The zero-order chi connectivity index (χ0) is 41.4. The van der Waals surface area contributed by atoms with Crippen LogP contribution in [-0.4, -0.2) is 14.5 Å². The lowest BCUT2D eigenvalue weighted by molar-refractivity contribution is 0.661. The minimum Gasteiger partial charge on any atom is -0.309 e. The van der Waals surface area contributed by atoms with Gasteiger partial charge >= 0.3 is 0 Å². The molecule has 0 aliphatic heterocycles. The molecule has 2 heterocycles. The van der Waals surface area contributed by atoms with Gasteiger partial charge in [-0.2, -0.15) is 0 Å². The van der Waals surface area contributed by atoms with Crippen molar-refractivity contribution in [2.75, 3.05) is 0 Å². The SMILES string of the molecule is CC1(C)c2cc3ccccc3cc2-c2c(-c3cc(-c4ccc(-n5c6ccc(-c7ccccc7)cc6c6cc(-c7ccccc7)ccc65)cc4)nc(-c4ccccc4)n3)cccc21. The van der Waals surface area contributed by atoms with Gasteiger partial charge < -0.3 is 4.57 Å². The number of hydrogen-bond donors (Lipinski definition) is 0. The molecule has 3 nitrogen and oxygen atoms in total. The molecule has 0 atom stereocenters. The molecule has 1 aliphatic carbocycles. The summed E-state index contributed by atoms with van der Waals surface area (Å²) >= 11 is 0. The lowest BCUT2D eigenvalue weighted by Crippen LogP contribution is -2.14. The Bertz CT molecular complexity index is 3410. The summed E-state index contributed by atoms with van der Waals surface area (Å²) < 4.78 is 2.40. The van der Waals surface area contributed by atoms with E-state index < -0.39 is 0 Å². The van der Waals surface area contributed by atoms with Crippen molar-refractivity contribution in [2.45, 2.75) is 19.3 Å². The number of aromatic nitrogens is 3. The van der Waals surface area contributed by atoms with Gasteiger partial charge in [-0.15, -0.1) is 0 Å². The number of fused-ring (bicyclic) bond motifs is 7. The summed E-state index contributed by atoms with van der Waals surface area (Å²) in [4.78, 5) is 10.6. The Balaban J connectivity index is 1.01. The van der Waals surface area contributed by atoms with E-state index in [9.17, 15) is 0 Å². The van der Waals surface area contributed by atoms with Gasteiger partial charge in [-0.25, -0.2) is 9.97 Å². The lowest BCUT2D eigenvalue weighted by atomic mass is 9.81. The number of nitrogens with zero attached hydrogens (tertiary/aromatic N) is 3. The monoisotopic (exact) mass is 791 g/mol. The first-order valence-electron chi connectivity index (χ1n) is 21.4. The highest BCUT2D eigenvalue weighted by atomic mass is 15.0. The maximum absolute atomic E-state index is 5.33. The van der Waals surface area contributed by atoms with Crippen molar-refractivity contribution in [2.24, 2.45) is 0 Å². The highest BCUT2D eigenvalue weighted by molar-refractivity contribution is 6.11. The summed E-state index contributed by atoms with van der Waals surface area (Å²) in [7, 11) is 0. The van der Waals surface area contributed by atoms with Gasteiger partial charge in [0.25, 0.3) is 0 Å². The average molecular weight is 792 g/mol. The van der Waals surface area contributed by atoms with Crippen molar-refractivity contribution in [3.05, 3.63) is 223 Å². The molecule has 1 aliphatic rings. The standard InChI is InChI=1S/C59H41N3/c1-59(2)51-24-14-23-47(57(51)50-35-42-21-12-13-22-43(42)36-52(50)59)54-37-53(60-58(61-54)41-19-10-5-11-20-41)40-25-29-46(30-26-40)62-55-31-27-44(38-15-6-3-7-16-38)33-48(55)49-34-45(28-32-56(49)62)39-17-8-4-9-18-39/h3-37H,1-2H3. The topological polar surface area (TPSA) is 30.7 Å². The fourth-order valence-corrected chi connectivity index (χ4v) is 9.84. The highest BCUT2D eigenvalue weighted by Crippen LogP contribution is 2.53. The third-order valence-electron chi connectivity index (χ3n) is 13.0. The Labute approximate surface area is 361 Å². The second-order valence-corrected chi connectivity index (χ2v) is 17.0. The van der Waals surface area contributed by atoms with E-state index in [0.717, 1.165) is 33.8 Å². The number of rotatable bonds is 6. The van der Waals surface area contributed by atoms with Gasteiger partial charge in [-0.3, -0.25) is 0 Å². The maximum atomic E-state index is 5.33. The molecule has 12 rings (SSSR count). The molecule has 0 saturated carbocycles. The highest BCUT2D eigenvalue weighted by Gasteiger charge is 2.37. The lowest BCUT2D eigenvalue weighted by Gasteiger charge is -2.22. The molecular formula is C59H41N3. The van der Waals surface area contributed by atoms with E-state index in [1.165, 1.54) is 77.1 Å². The Morgan fingerprint density at radius 1 is 0.371 bits per heavy atom. The van der Waals surface area contributed by atoms with E-state index in [4.69, 9.17) is 9.97 Å². The van der Waals surface area contributed by atoms with Gasteiger partial charge in [-0.1, -0.05) is 172 Å².